The molecule has 116 valence electrons. The molecule has 0 unspecified atom stereocenters. The highest BCUT2D eigenvalue weighted by molar-refractivity contribution is 4.79. The monoisotopic (exact) mass is 333 g/mol. The minimum absolute atomic E-state index is 0. The third-order valence-electron chi connectivity index (χ3n) is 3.56. The van der Waals surface area contributed by atoms with Gasteiger partial charge in [-0.05, 0) is 18.9 Å². The maximum Gasteiger partial charge on any atom is 0.0926 e. The fourth-order valence-corrected chi connectivity index (χ4v) is 2.34. The molecule has 2 heteroatoms. The third kappa shape index (κ3) is 20.7. The van der Waals surface area contributed by atoms with E-state index in [1.165, 1.54) is 83.5 Å². The minimum Gasteiger partial charge on any atom is -1.00 e. The van der Waals surface area contributed by atoms with Gasteiger partial charge in [0.2, 0.25) is 0 Å². The Balaban J connectivity index is 0. The van der Waals surface area contributed by atoms with Crippen LogP contribution >= 0.6 is 0 Å². The van der Waals surface area contributed by atoms with Crippen molar-refractivity contribution in [3.8, 4) is 0 Å². The first-order valence-electron chi connectivity index (χ1n) is 8.36. The highest BCUT2D eigenvalue weighted by atomic mass is 79.9. The third-order valence-corrected chi connectivity index (χ3v) is 3.56. The molecule has 0 aromatic carbocycles. The van der Waals surface area contributed by atoms with E-state index in [0.29, 0.717) is 0 Å². The summed E-state index contributed by atoms with van der Waals surface area (Å²) in [7, 11) is 0. The van der Waals surface area contributed by atoms with Crippen LogP contribution in [0.15, 0.2) is 12.2 Å². The lowest BCUT2D eigenvalue weighted by Gasteiger charge is -2.02. The van der Waals surface area contributed by atoms with E-state index in [9.17, 15) is 0 Å². The van der Waals surface area contributed by atoms with E-state index in [-0.39, 0.29) is 17.0 Å². The van der Waals surface area contributed by atoms with Crippen LogP contribution in [0, 0.1) is 0 Å². The van der Waals surface area contributed by atoms with Crippen molar-refractivity contribution in [2.45, 2.75) is 90.4 Å². The van der Waals surface area contributed by atoms with Gasteiger partial charge in [0.15, 0.2) is 0 Å². The maximum absolute atomic E-state index is 3.80. The van der Waals surface area contributed by atoms with E-state index in [1.54, 1.807) is 0 Å². The van der Waals surface area contributed by atoms with Crippen LogP contribution in [0.1, 0.15) is 90.4 Å². The lowest BCUT2D eigenvalue weighted by Crippen LogP contribution is -3.00. The molecule has 0 fully saturated rings. The Morgan fingerprint density at radius 2 is 1.05 bits per heavy atom. The van der Waals surface area contributed by atoms with Gasteiger partial charge in [-0.15, -0.1) is 0 Å². The van der Waals surface area contributed by atoms with E-state index in [2.05, 4.69) is 24.8 Å². The second-order valence-corrected chi connectivity index (χ2v) is 5.44. The number of hydrogen-bond donors (Lipinski definition) is 1. The zero-order valence-electron chi connectivity index (χ0n) is 13.1. The van der Waals surface area contributed by atoms with Crippen LogP contribution in [-0.4, -0.2) is 6.54 Å². The number of unbranched alkanes of at least 4 members (excludes halogenated alkanes) is 12. The fourth-order valence-electron chi connectivity index (χ4n) is 2.34. The highest BCUT2D eigenvalue weighted by Gasteiger charge is 1.92. The summed E-state index contributed by atoms with van der Waals surface area (Å²) in [4.78, 5) is 0. The summed E-state index contributed by atoms with van der Waals surface area (Å²) in [6, 6.07) is 0. The smallest absolute Gasteiger partial charge is 0.0926 e. The van der Waals surface area contributed by atoms with Gasteiger partial charge >= 0.3 is 0 Å². The van der Waals surface area contributed by atoms with Gasteiger partial charge < -0.3 is 22.7 Å². The Kier molecular flexibility index (Phi) is 23.2. The molecule has 19 heavy (non-hydrogen) atoms. The molecule has 1 nitrogen and oxygen atoms in total. The molecule has 0 aliphatic heterocycles. The second kappa shape index (κ2) is 20.5. The number of quaternary nitrogens is 1. The molecular formula is C17H36BrN. The molecular weight excluding hydrogens is 298 g/mol. The first kappa shape index (κ1) is 21.5. The Hall–Kier alpha value is 0.180. The summed E-state index contributed by atoms with van der Waals surface area (Å²) in [5.74, 6) is 0. The molecule has 0 spiro atoms. The Morgan fingerprint density at radius 3 is 1.47 bits per heavy atom. The Bertz CT molecular complexity index is 169. The molecule has 0 aliphatic rings. The summed E-state index contributed by atoms with van der Waals surface area (Å²) in [6.07, 6.45) is 23.0. The van der Waals surface area contributed by atoms with Crippen molar-refractivity contribution in [2.75, 3.05) is 6.54 Å². The van der Waals surface area contributed by atoms with Crippen LogP contribution in [0.2, 0.25) is 0 Å². The van der Waals surface area contributed by atoms with Gasteiger partial charge in [-0.1, -0.05) is 83.6 Å². The molecule has 0 amide bonds. The minimum atomic E-state index is 0. The van der Waals surface area contributed by atoms with E-state index >= 15 is 0 Å². The van der Waals surface area contributed by atoms with Gasteiger partial charge in [-0.25, -0.2) is 0 Å². The predicted molar refractivity (Wildman–Crippen MR) is 82.6 cm³/mol. The quantitative estimate of drug-likeness (QED) is 0.371. The molecule has 0 saturated carbocycles. The van der Waals surface area contributed by atoms with Gasteiger partial charge in [-0.2, -0.15) is 0 Å². The average molecular weight is 334 g/mol. The molecule has 0 aliphatic carbocycles. The Morgan fingerprint density at radius 1 is 0.632 bits per heavy atom. The van der Waals surface area contributed by atoms with E-state index in [1.807, 2.05) is 0 Å². The van der Waals surface area contributed by atoms with Crippen LogP contribution in [0.5, 0.6) is 0 Å². The number of halogens is 1. The summed E-state index contributed by atoms with van der Waals surface area (Å²) >= 11 is 0. The van der Waals surface area contributed by atoms with E-state index < -0.39 is 0 Å². The predicted octanol–water partition coefficient (Wildman–Crippen LogP) is 1.88. The van der Waals surface area contributed by atoms with Gasteiger partial charge in [0.25, 0.3) is 0 Å². The molecule has 0 heterocycles. The van der Waals surface area contributed by atoms with Gasteiger partial charge in [-0.3, -0.25) is 0 Å². The molecule has 0 saturated heterocycles. The van der Waals surface area contributed by atoms with Crippen molar-refractivity contribution in [3.63, 3.8) is 0 Å². The second-order valence-electron chi connectivity index (χ2n) is 5.44. The van der Waals surface area contributed by atoms with E-state index in [4.69, 9.17) is 0 Å². The largest absolute Gasteiger partial charge is 1.00 e. The molecule has 0 rings (SSSR count). The van der Waals surface area contributed by atoms with Crippen LogP contribution in [0.4, 0.5) is 0 Å². The van der Waals surface area contributed by atoms with Crippen LogP contribution in [0.25, 0.3) is 0 Å². The Labute approximate surface area is 132 Å². The average Bonchev–Trinajstić information content (AvgIpc) is 2.39. The highest BCUT2D eigenvalue weighted by Crippen LogP contribution is 2.12. The van der Waals surface area contributed by atoms with Crippen molar-refractivity contribution < 1.29 is 22.7 Å². The molecule has 3 N–H and O–H groups in total. The van der Waals surface area contributed by atoms with Crippen molar-refractivity contribution in [1.29, 1.82) is 0 Å². The normalized spacial score (nSPS) is 10.8. The maximum atomic E-state index is 3.80. The SMILES string of the molecule is CCCCCCCCCCCCCCC=CC[NH3+].[Br-]. The summed E-state index contributed by atoms with van der Waals surface area (Å²) in [6.45, 7) is 3.23. The zero-order chi connectivity index (χ0) is 13.3. The standard InChI is InChI=1S/C17H35N.BrH/c1-2-3-4-5-6-7-8-9-10-11-12-13-14-15-16-17-18;/h15-16H,2-14,17-18H2,1H3;1H. The van der Waals surface area contributed by atoms with Crippen molar-refractivity contribution >= 4 is 0 Å². The first-order valence-corrected chi connectivity index (χ1v) is 8.36. The number of rotatable bonds is 14. The van der Waals surface area contributed by atoms with Gasteiger partial charge in [0, 0.05) is 0 Å². The number of hydrogen-bond acceptors (Lipinski definition) is 0. The van der Waals surface area contributed by atoms with Gasteiger partial charge in [0.1, 0.15) is 0 Å². The summed E-state index contributed by atoms with van der Waals surface area (Å²) in [5, 5.41) is 0. The van der Waals surface area contributed by atoms with Crippen molar-refractivity contribution in [1.82, 2.24) is 0 Å². The summed E-state index contributed by atoms with van der Waals surface area (Å²) < 4.78 is 0. The molecule has 0 atom stereocenters. The van der Waals surface area contributed by atoms with Gasteiger partial charge in [0.05, 0.1) is 6.54 Å². The van der Waals surface area contributed by atoms with Crippen LogP contribution in [-0.2, 0) is 0 Å². The molecule has 0 bridgehead atoms. The van der Waals surface area contributed by atoms with E-state index in [0.717, 1.165) is 6.54 Å². The molecule has 0 radical (unpaired) electrons. The first-order chi connectivity index (χ1) is 8.91. The molecule has 0 aromatic heterocycles. The lowest BCUT2D eigenvalue weighted by atomic mass is 10.0. The van der Waals surface area contributed by atoms with Crippen molar-refractivity contribution in [3.05, 3.63) is 12.2 Å². The van der Waals surface area contributed by atoms with Crippen LogP contribution in [0.3, 0.4) is 0 Å². The fraction of sp³-hybridized carbons (Fsp3) is 0.882. The molecule has 0 aromatic rings. The topological polar surface area (TPSA) is 27.6 Å². The zero-order valence-corrected chi connectivity index (χ0v) is 14.7. The summed E-state index contributed by atoms with van der Waals surface area (Å²) in [5.41, 5.74) is 3.80. The number of allylic oxidation sites excluding steroid dienone is 1. The van der Waals surface area contributed by atoms with Crippen molar-refractivity contribution in [2.24, 2.45) is 0 Å². The lowest BCUT2D eigenvalue weighted by molar-refractivity contribution is -0.352. The van der Waals surface area contributed by atoms with Crippen LogP contribution < -0.4 is 22.7 Å².